The Bertz CT molecular complexity index is 1020. The Morgan fingerprint density at radius 2 is 2.14 bits per heavy atom. The molecule has 1 aromatic carbocycles. The quantitative estimate of drug-likeness (QED) is 0.215. The first-order chi connectivity index (χ1) is 13.5. The van der Waals surface area contributed by atoms with Gasteiger partial charge in [0.2, 0.25) is 5.76 Å². The van der Waals surface area contributed by atoms with Gasteiger partial charge in [0.1, 0.15) is 24.7 Å². The average molecular weight is 383 g/mol. The fourth-order valence-electron chi connectivity index (χ4n) is 2.11. The first-order valence-electron chi connectivity index (χ1n) is 7.86. The number of esters is 1. The maximum atomic E-state index is 12.0. The van der Waals surface area contributed by atoms with E-state index in [2.05, 4.69) is 15.6 Å². The van der Waals surface area contributed by atoms with Gasteiger partial charge in [-0.2, -0.15) is 10.2 Å². The van der Waals surface area contributed by atoms with Gasteiger partial charge in [-0.3, -0.25) is 19.6 Å². The van der Waals surface area contributed by atoms with Crippen LogP contribution in [0.25, 0.3) is 0 Å². The zero-order valence-corrected chi connectivity index (χ0v) is 14.2. The summed E-state index contributed by atoms with van der Waals surface area (Å²) in [5, 5.41) is 18.1. The SMILES string of the molecule is O=C(Cn1cc([N+](=O)[O-])cn1)NN=Cc1ccccc1OC(=O)c1ccco1. The predicted molar refractivity (Wildman–Crippen MR) is 94.7 cm³/mol. The van der Waals surface area contributed by atoms with Gasteiger partial charge < -0.3 is 9.15 Å². The van der Waals surface area contributed by atoms with Crippen molar-refractivity contribution in [2.45, 2.75) is 6.54 Å². The molecule has 3 aromatic rings. The summed E-state index contributed by atoms with van der Waals surface area (Å²) in [6.07, 6.45) is 4.83. The lowest BCUT2D eigenvalue weighted by Crippen LogP contribution is -2.23. The van der Waals surface area contributed by atoms with Crippen LogP contribution in [0.2, 0.25) is 0 Å². The first kappa shape index (κ1) is 18.5. The van der Waals surface area contributed by atoms with Crippen LogP contribution in [0.15, 0.2) is 64.6 Å². The Hall–Kier alpha value is -4.28. The Balaban J connectivity index is 1.60. The number of aromatic nitrogens is 2. The largest absolute Gasteiger partial charge is 0.457 e. The van der Waals surface area contributed by atoms with E-state index in [4.69, 9.17) is 9.15 Å². The lowest BCUT2D eigenvalue weighted by atomic mass is 10.2. The van der Waals surface area contributed by atoms with Crippen molar-refractivity contribution in [3.63, 3.8) is 0 Å². The summed E-state index contributed by atoms with van der Waals surface area (Å²) in [6.45, 7) is -0.250. The van der Waals surface area contributed by atoms with Gasteiger partial charge in [-0.05, 0) is 24.3 Å². The number of para-hydroxylation sites is 1. The minimum Gasteiger partial charge on any atom is -0.457 e. The molecule has 0 radical (unpaired) electrons. The van der Waals surface area contributed by atoms with Crippen LogP contribution < -0.4 is 10.2 Å². The lowest BCUT2D eigenvalue weighted by molar-refractivity contribution is -0.385. The highest BCUT2D eigenvalue weighted by molar-refractivity contribution is 5.91. The molecule has 0 aliphatic carbocycles. The van der Waals surface area contributed by atoms with Gasteiger partial charge in [-0.25, -0.2) is 10.2 Å². The van der Waals surface area contributed by atoms with Gasteiger partial charge in [0.05, 0.1) is 17.4 Å². The van der Waals surface area contributed by atoms with Crippen LogP contribution in [-0.2, 0) is 11.3 Å². The van der Waals surface area contributed by atoms with Gasteiger partial charge in [0, 0.05) is 5.56 Å². The maximum Gasteiger partial charge on any atom is 0.379 e. The van der Waals surface area contributed by atoms with Crippen LogP contribution in [0.3, 0.4) is 0 Å². The molecular weight excluding hydrogens is 370 g/mol. The van der Waals surface area contributed by atoms with E-state index in [0.717, 1.165) is 17.1 Å². The number of benzene rings is 1. The summed E-state index contributed by atoms with van der Waals surface area (Å²) in [5.41, 5.74) is 2.49. The molecule has 0 saturated carbocycles. The molecule has 28 heavy (non-hydrogen) atoms. The van der Waals surface area contributed by atoms with Gasteiger partial charge in [0.15, 0.2) is 0 Å². The Kier molecular flexibility index (Phi) is 5.55. The monoisotopic (exact) mass is 383 g/mol. The molecule has 11 heteroatoms. The second kappa shape index (κ2) is 8.40. The molecule has 0 atom stereocenters. The van der Waals surface area contributed by atoms with Crippen LogP contribution in [0.4, 0.5) is 5.69 Å². The molecule has 0 saturated heterocycles. The number of furan rings is 1. The van der Waals surface area contributed by atoms with E-state index >= 15 is 0 Å². The number of nitrogens with zero attached hydrogens (tertiary/aromatic N) is 4. The third-order valence-electron chi connectivity index (χ3n) is 3.37. The van der Waals surface area contributed by atoms with Crippen molar-refractivity contribution in [3.05, 3.63) is 76.5 Å². The number of nitro groups is 1. The van der Waals surface area contributed by atoms with Crippen LogP contribution in [0, 0.1) is 10.1 Å². The molecule has 0 bridgehead atoms. The highest BCUT2D eigenvalue weighted by Crippen LogP contribution is 2.17. The number of carbonyl (C=O) groups excluding carboxylic acids is 2. The van der Waals surface area contributed by atoms with Crippen LogP contribution in [0.1, 0.15) is 16.1 Å². The highest BCUT2D eigenvalue weighted by atomic mass is 16.6. The summed E-state index contributed by atoms with van der Waals surface area (Å²) in [5.74, 6) is -0.938. The predicted octanol–water partition coefficient (Wildman–Crippen LogP) is 1.75. The summed E-state index contributed by atoms with van der Waals surface area (Å²) in [6, 6.07) is 9.61. The van der Waals surface area contributed by atoms with Crippen molar-refractivity contribution in [2.24, 2.45) is 5.10 Å². The smallest absolute Gasteiger partial charge is 0.379 e. The van der Waals surface area contributed by atoms with Crippen molar-refractivity contribution in [3.8, 4) is 5.75 Å². The normalized spacial score (nSPS) is 10.7. The van der Waals surface area contributed by atoms with Crippen molar-refractivity contribution >= 4 is 23.8 Å². The van der Waals surface area contributed by atoms with Gasteiger partial charge in [-0.1, -0.05) is 12.1 Å². The molecule has 1 amide bonds. The minimum absolute atomic E-state index is 0.0494. The fraction of sp³-hybridized carbons (Fsp3) is 0.0588. The van der Waals surface area contributed by atoms with Crippen molar-refractivity contribution in [2.75, 3.05) is 0 Å². The molecule has 0 aliphatic heterocycles. The van der Waals surface area contributed by atoms with Crippen LogP contribution in [0.5, 0.6) is 5.75 Å². The third-order valence-corrected chi connectivity index (χ3v) is 3.37. The first-order valence-corrected chi connectivity index (χ1v) is 7.86. The summed E-state index contributed by atoms with van der Waals surface area (Å²) in [7, 11) is 0. The topological polar surface area (TPSA) is 142 Å². The second-order valence-electron chi connectivity index (χ2n) is 5.35. The third kappa shape index (κ3) is 4.66. The Morgan fingerprint density at radius 3 is 2.86 bits per heavy atom. The number of carbonyl (C=O) groups is 2. The van der Waals surface area contributed by atoms with Crippen LogP contribution >= 0.6 is 0 Å². The molecule has 2 heterocycles. The zero-order chi connectivity index (χ0) is 19.9. The number of hydrazone groups is 1. The minimum atomic E-state index is -0.671. The van der Waals surface area contributed by atoms with E-state index in [1.54, 1.807) is 30.3 Å². The van der Waals surface area contributed by atoms with Gasteiger partial charge in [-0.15, -0.1) is 0 Å². The molecule has 142 valence electrons. The van der Waals surface area contributed by atoms with Crippen molar-refractivity contribution < 1.29 is 23.7 Å². The molecule has 11 nitrogen and oxygen atoms in total. The fourth-order valence-corrected chi connectivity index (χ4v) is 2.11. The average Bonchev–Trinajstić information content (AvgIpc) is 3.35. The molecule has 0 aliphatic rings. The van der Waals surface area contributed by atoms with Crippen molar-refractivity contribution in [1.29, 1.82) is 0 Å². The van der Waals surface area contributed by atoms with E-state index in [1.807, 2.05) is 0 Å². The van der Waals surface area contributed by atoms with Gasteiger partial charge >= 0.3 is 11.7 Å². The Morgan fingerprint density at radius 1 is 1.32 bits per heavy atom. The summed E-state index contributed by atoms with van der Waals surface area (Å²) in [4.78, 5) is 33.8. The summed E-state index contributed by atoms with van der Waals surface area (Å²) < 4.78 is 11.3. The van der Waals surface area contributed by atoms with Crippen LogP contribution in [-0.4, -0.2) is 32.8 Å². The number of hydrogen-bond donors (Lipinski definition) is 1. The number of amides is 1. The van der Waals surface area contributed by atoms with E-state index in [1.165, 1.54) is 18.5 Å². The standard InChI is InChI=1S/C17H13N5O6/c23-16(11-21-10-13(9-19-21)22(25)26)20-18-8-12-4-1-2-5-14(12)28-17(24)15-6-3-7-27-15/h1-10H,11H2,(H,20,23). The van der Waals surface area contributed by atoms with Gasteiger partial charge in [0.25, 0.3) is 5.91 Å². The zero-order valence-electron chi connectivity index (χ0n) is 14.2. The van der Waals surface area contributed by atoms with E-state index in [9.17, 15) is 19.7 Å². The molecule has 0 unspecified atom stereocenters. The number of ether oxygens (including phenoxy) is 1. The molecular formula is C17H13N5O6. The second-order valence-corrected chi connectivity index (χ2v) is 5.35. The van der Waals surface area contributed by atoms with E-state index in [0.29, 0.717) is 5.56 Å². The van der Waals surface area contributed by atoms with Crippen molar-refractivity contribution in [1.82, 2.24) is 15.2 Å². The number of rotatable bonds is 7. The van der Waals surface area contributed by atoms with E-state index < -0.39 is 16.8 Å². The number of hydrogen-bond acceptors (Lipinski definition) is 8. The number of nitrogens with one attached hydrogen (secondary N) is 1. The summed E-state index contributed by atoms with van der Waals surface area (Å²) >= 11 is 0. The molecule has 3 rings (SSSR count). The molecule has 0 spiro atoms. The molecule has 2 aromatic heterocycles. The lowest BCUT2D eigenvalue weighted by Gasteiger charge is -2.05. The molecule has 1 N–H and O–H groups in total. The maximum absolute atomic E-state index is 12.0. The molecule has 0 fully saturated rings. The van der Waals surface area contributed by atoms with E-state index in [-0.39, 0.29) is 23.7 Å². The highest BCUT2D eigenvalue weighted by Gasteiger charge is 2.13. The Labute approximate surface area is 157 Å².